The van der Waals surface area contributed by atoms with E-state index in [1.54, 1.807) is 31.4 Å². The molecular weight excluding hydrogens is 891 g/mol. The molecule has 6 rings (SSSR count). The van der Waals surface area contributed by atoms with E-state index in [9.17, 15) is 28.8 Å². The van der Waals surface area contributed by atoms with Gasteiger partial charge in [-0.25, -0.2) is 14.6 Å². The number of nitrogens with zero attached hydrogens (tertiary/aromatic N) is 1. The predicted molar refractivity (Wildman–Crippen MR) is 249 cm³/mol. The molecule has 1 atom stereocenters. The highest BCUT2D eigenvalue weighted by Gasteiger charge is 2.35. The summed E-state index contributed by atoms with van der Waals surface area (Å²) in [6.45, 7) is 13.7. The fourth-order valence-electron chi connectivity index (χ4n) is 6.87. The van der Waals surface area contributed by atoms with Crippen LogP contribution >= 0.6 is 22.7 Å². The van der Waals surface area contributed by atoms with Crippen molar-refractivity contribution in [2.45, 2.75) is 63.9 Å². The molecule has 0 N–H and O–H groups in total. The summed E-state index contributed by atoms with van der Waals surface area (Å²) < 4.78 is 42.1. The van der Waals surface area contributed by atoms with Crippen LogP contribution < -0.4 is 9.47 Å². The number of ether oxygens (including phenoxy) is 8. The summed E-state index contributed by atoms with van der Waals surface area (Å²) in [6, 6.07) is 7.13. The average molecular weight is 946 g/mol. The Balaban J connectivity index is 0.000000701. The molecule has 0 radical (unpaired) electrons. The van der Waals surface area contributed by atoms with E-state index in [2.05, 4.69) is 35.8 Å². The summed E-state index contributed by atoms with van der Waals surface area (Å²) in [7, 11) is 5.71. The first-order valence-electron chi connectivity index (χ1n) is 21.0. The molecule has 3 aliphatic carbocycles. The Hall–Kier alpha value is -6.59. The zero-order valence-corrected chi connectivity index (χ0v) is 39.1. The summed E-state index contributed by atoms with van der Waals surface area (Å²) in [5.74, 6) is -1.67. The number of thiophene rings is 1. The van der Waals surface area contributed by atoms with Crippen molar-refractivity contribution in [3.05, 3.63) is 116 Å². The van der Waals surface area contributed by atoms with Crippen LogP contribution in [0.4, 0.5) is 0 Å². The first-order chi connectivity index (χ1) is 31.7. The monoisotopic (exact) mass is 945 g/mol. The quantitative estimate of drug-likeness (QED) is 0.0350. The average Bonchev–Trinajstić information content (AvgIpc) is 4.06. The van der Waals surface area contributed by atoms with Crippen LogP contribution in [-0.2, 0) is 57.2 Å². The van der Waals surface area contributed by atoms with Gasteiger partial charge < -0.3 is 37.9 Å². The largest absolute Gasteiger partial charge is 0.497 e. The number of esters is 6. The number of fused-ring (bicyclic) bond motifs is 1. The lowest BCUT2D eigenvalue weighted by atomic mass is 9.82. The van der Waals surface area contributed by atoms with E-state index in [0.29, 0.717) is 84.5 Å². The Bertz CT molecular complexity index is 2300. The molecule has 0 aliphatic heterocycles. The van der Waals surface area contributed by atoms with E-state index in [0.717, 1.165) is 22.8 Å². The zero-order valence-electron chi connectivity index (χ0n) is 37.5. The number of benzene rings is 1. The maximum Gasteiger partial charge on any atom is 0.329 e. The second-order valence-corrected chi connectivity index (χ2v) is 16.8. The molecule has 15 nitrogen and oxygen atoms in total. The maximum absolute atomic E-state index is 13.5. The molecule has 2 saturated carbocycles. The second-order valence-electron chi connectivity index (χ2n) is 14.9. The number of rotatable bonds is 15. The topological polar surface area (TPSA) is 189 Å². The number of thiazole rings is 1. The number of hydrogen-bond donors (Lipinski definition) is 0. The Morgan fingerprint density at radius 3 is 1.68 bits per heavy atom. The highest BCUT2D eigenvalue weighted by molar-refractivity contribution is 7.25. The Morgan fingerprint density at radius 1 is 0.682 bits per heavy atom. The van der Waals surface area contributed by atoms with E-state index in [-0.39, 0.29) is 53.3 Å². The van der Waals surface area contributed by atoms with Crippen molar-refractivity contribution in [1.82, 2.24) is 4.98 Å². The third kappa shape index (κ3) is 15.5. The molecule has 352 valence electrons. The molecule has 0 saturated heterocycles. The van der Waals surface area contributed by atoms with Gasteiger partial charge in [-0.2, -0.15) is 0 Å². The highest BCUT2D eigenvalue weighted by Crippen LogP contribution is 2.43. The summed E-state index contributed by atoms with van der Waals surface area (Å²) in [4.78, 5) is 77.9. The van der Waals surface area contributed by atoms with E-state index in [1.807, 2.05) is 29.7 Å². The first-order valence-corrected chi connectivity index (χ1v) is 22.7. The van der Waals surface area contributed by atoms with Crippen molar-refractivity contribution in [1.29, 1.82) is 0 Å². The molecule has 3 aliphatic rings. The number of aromatic nitrogens is 1. The van der Waals surface area contributed by atoms with Crippen LogP contribution in [0.25, 0.3) is 20.1 Å². The lowest BCUT2D eigenvalue weighted by Crippen LogP contribution is -2.31. The van der Waals surface area contributed by atoms with Crippen LogP contribution in [0.2, 0.25) is 0 Å². The van der Waals surface area contributed by atoms with Crippen molar-refractivity contribution < 1.29 is 66.7 Å². The third-order valence-corrected chi connectivity index (χ3v) is 12.7. The van der Waals surface area contributed by atoms with Crippen LogP contribution in [-0.4, -0.2) is 75.3 Å². The molecule has 0 spiro atoms. The minimum Gasteiger partial charge on any atom is -0.497 e. The van der Waals surface area contributed by atoms with Gasteiger partial charge in [0, 0.05) is 18.6 Å². The summed E-state index contributed by atoms with van der Waals surface area (Å²) >= 11 is 2.89. The van der Waals surface area contributed by atoms with Gasteiger partial charge in [0.25, 0.3) is 0 Å². The van der Waals surface area contributed by atoms with Crippen molar-refractivity contribution in [2.24, 2.45) is 23.7 Å². The van der Waals surface area contributed by atoms with Crippen molar-refractivity contribution in [3.63, 3.8) is 0 Å². The molecule has 66 heavy (non-hydrogen) atoms. The highest BCUT2D eigenvalue weighted by atomic mass is 32.1. The molecule has 17 heteroatoms. The van der Waals surface area contributed by atoms with E-state index >= 15 is 0 Å². The number of carbonyl (C=O) groups is 6. The fraction of sp³-hybridized carbons (Fsp3) is 0.367. The minimum atomic E-state index is -0.397. The molecule has 0 amide bonds. The minimum absolute atomic E-state index is 0.182. The Morgan fingerprint density at radius 2 is 1.21 bits per heavy atom. The van der Waals surface area contributed by atoms with Gasteiger partial charge in [0.2, 0.25) is 0 Å². The second kappa shape index (κ2) is 26.4. The molecule has 1 aromatic carbocycles. The van der Waals surface area contributed by atoms with Gasteiger partial charge in [-0.1, -0.05) is 32.4 Å². The lowest BCUT2D eigenvalue weighted by Gasteiger charge is -2.27. The van der Waals surface area contributed by atoms with Crippen molar-refractivity contribution in [3.8, 4) is 21.4 Å². The molecule has 2 heterocycles. The van der Waals surface area contributed by atoms with Gasteiger partial charge in [0.1, 0.15) is 38.6 Å². The van der Waals surface area contributed by atoms with E-state index in [4.69, 9.17) is 33.4 Å². The third-order valence-electron chi connectivity index (χ3n) is 10.6. The van der Waals surface area contributed by atoms with Crippen LogP contribution in [0.15, 0.2) is 116 Å². The number of hydrogen-bond acceptors (Lipinski definition) is 17. The molecule has 0 bridgehead atoms. The SMILES string of the molecule is C=C(/C=C\C(=C)OC(=O)C1CCC(C(=O)Oc2ccc(OC(=O)C3CCC(C(=O)OC4C=CC(OC)=CC4)CC3)c3nc(-c4cccs4)sc23)CC1)OC.C=CC(=O)OC.C=CC(=O)OC. The number of methoxy groups -OCH3 is 4. The lowest BCUT2D eigenvalue weighted by molar-refractivity contribution is -0.155. The Kier molecular flexibility index (Phi) is 20.8. The molecular formula is C49H55NO14S2. The number of allylic oxidation sites excluding steroid dienone is 3. The van der Waals surface area contributed by atoms with Crippen LogP contribution in [0.3, 0.4) is 0 Å². The van der Waals surface area contributed by atoms with Gasteiger partial charge >= 0.3 is 35.8 Å². The van der Waals surface area contributed by atoms with Crippen LogP contribution in [0.1, 0.15) is 57.8 Å². The summed E-state index contributed by atoms with van der Waals surface area (Å²) in [5, 5.41) is 2.66. The van der Waals surface area contributed by atoms with Crippen molar-refractivity contribution >= 4 is 68.7 Å². The van der Waals surface area contributed by atoms with Crippen molar-refractivity contribution in [2.75, 3.05) is 28.4 Å². The van der Waals surface area contributed by atoms with E-state index < -0.39 is 23.8 Å². The van der Waals surface area contributed by atoms with Gasteiger partial charge in [-0.05, 0) is 105 Å². The summed E-state index contributed by atoms with van der Waals surface area (Å²) in [6.07, 6.45) is 15.0. The molecule has 3 aromatic rings. The first kappa shape index (κ1) is 52.0. The van der Waals surface area contributed by atoms with Gasteiger partial charge in [-0.3, -0.25) is 19.2 Å². The maximum atomic E-state index is 13.5. The predicted octanol–water partition coefficient (Wildman–Crippen LogP) is 9.31. The molecule has 2 aromatic heterocycles. The van der Waals surface area contributed by atoms with Gasteiger partial charge in [0.05, 0.1) is 57.0 Å². The Labute approximate surface area is 392 Å². The van der Waals surface area contributed by atoms with Gasteiger partial charge in [-0.15, -0.1) is 22.7 Å². The van der Waals surface area contributed by atoms with Gasteiger partial charge in [0.15, 0.2) is 11.5 Å². The fourth-order valence-corrected chi connectivity index (χ4v) is 8.70. The van der Waals surface area contributed by atoms with Crippen LogP contribution in [0, 0.1) is 23.7 Å². The normalized spacial score (nSPS) is 19.7. The smallest absolute Gasteiger partial charge is 0.329 e. The standard InChI is InChI=1S/C41H43NO10S2.2C4H6O2/c1-24(47-3)7-8-25(2)49-38(43)26-9-13-29(14-10-26)41(46)52-33-22-21-32(35-36(33)54-37(42-35)34-6-5-23-53-34)51-40(45)28-15-11-27(12-16-28)39(44)50-31-19-17-30(48-4)18-20-31;2*1-3-4(5)6-2/h5-8,17-19,21-23,26-29,31H,1-2,9-16,20H2,3-4H3;2*3H,1H2,2H3/b8-7-;;. The van der Waals surface area contributed by atoms with Crippen LogP contribution in [0.5, 0.6) is 11.5 Å². The molecule has 2 fully saturated rings. The number of carbonyl (C=O) groups excluding carboxylic acids is 6. The zero-order chi connectivity index (χ0) is 48.2. The summed E-state index contributed by atoms with van der Waals surface area (Å²) in [5.41, 5.74) is 0.431. The van der Waals surface area contributed by atoms with E-state index in [1.165, 1.54) is 50.1 Å². The molecule has 1 unspecified atom stereocenters.